The maximum absolute atomic E-state index is 10.7. The zero-order chi connectivity index (χ0) is 7.40. The monoisotopic (exact) mass is 153 g/mol. The van der Waals surface area contributed by atoms with E-state index >= 15 is 0 Å². The molecule has 1 aromatic heterocycles. The third-order valence-corrected chi connectivity index (χ3v) is 1.74. The molecule has 1 rings (SSSR count). The van der Waals surface area contributed by atoms with Crippen molar-refractivity contribution in [3.8, 4) is 0 Å². The molecule has 0 aliphatic rings. The molecule has 4 heteroatoms. The Balaban J connectivity index is 2.87. The van der Waals surface area contributed by atoms with Crippen LogP contribution in [0.15, 0.2) is 22.5 Å². The molecule has 1 aromatic rings. The van der Waals surface area contributed by atoms with Gasteiger partial charge in [0.05, 0.1) is 4.88 Å². The third kappa shape index (κ3) is 1.37. The van der Waals surface area contributed by atoms with Gasteiger partial charge in [-0.15, -0.1) is 16.3 Å². The van der Waals surface area contributed by atoms with Crippen LogP contribution in [0.1, 0.15) is 9.67 Å². The van der Waals surface area contributed by atoms with Crippen LogP contribution in [0.4, 0.5) is 0 Å². The Hall–Kier alpha value is -1.25. The number of carbonyl (C=O) groups excluding carboxylic acids is 2. The van der Waals surface area contributed by atoms with E-state index in [1.807, 2.05) is 0 Å². The summed E-state index contributed by atoms with van der Waals surface area (Å²) < 4.78 is 0. The number of hydrogen-bond donors (Lipinski definition) is 0. The van der Waals surface area contributed by atoms with Crippen LogP contribution in [0.5, 0.6) is 0 Å². The van der Waals surface area contributed by atoms with E-state index < -0.39 is 5.91 Å². The molecule has 0 aliphatic carbocycles. The Morgan fingerprint density at radius 2 is 2.50 bits per heavy atom. The Bertz CT molecular complexity index is 272. The van der Waals surface area contributed by atoms with E-state index in [1.54, 1.807) is 17.5 Å². The number of nitrogens with zero attached hydrogens (tertiary/aromatic N) is 1. The predicted octanol–water partition coefficient (Wildman–Crippen LogP) is 1.22. The molecule has 0 spiro atoms. The number of rotatable bonds is 1. The highest BCUT2D eigenvalue weighted by molar-refractivity contribution is 7.12. The summed E-state index contributed by atoms with van der Waals surface area (Å²) in [7, 11) is 0. The highest BCUT2D eigenvalue weighted by atomic mass is 32.1. The first-order valence-electron chi connectivity index (χ1n) is 2.50. The molecular weight excluding hydrogens is 150 g/mol. The molecule has 0 atom stereocenters. The second-order valence-electron chi connectivity index (χ2n) is 1.49. The summed E-state index contributed by atoms with van der Waals surface area (Å²) >= 11 is 1.25. The normalized spacial score (nSPS) is 8.40. The van der Waals surface area contributed by atoms with E-state index in [0.29, 0.717) is 4.88 Å². The molecule has 50 valence electrons. The number of isocyanates is 1. The van der Waals surface area contributed by atoms with Crippen LogP contribution >= 0.6 is 11.3 Å². The van der Waals surface area contributed by atoms with Gasteiger partial charge in [0.25, 0.3) is 5.91 Å². The molecule has 0 aromatic carbocycles. The van der Waals surface area contributed by atoms with Crippen molar-refractivity contribution in [3.05, 3.63) is 22.4 Å². The lowest BCUT2D eigenvalue weighted by Crippen LogP contribution is -1.87. The number of thiophene rings is 1. The minimum atomic E-state index is -0.523. The lowest BCUT2D eigenvalue weighted by Gasteiger charge is -1.79. The van der Waals surface area contributed by atoms with Crippen LogP contribution in [0.3, 0.4) is 0 Å². The summed E-state index contributed by atoms with van der Waals surface area (Å²) in [6, 6.07) is 3.33. The topological polar surface area (TPSA) is 46.5 Å². The molecule has 0 radical (unpaired) electrons. The van der Waals surface area contributed by atoms with Gasteiger partial charge in [-0.25, -0.2) is 4.79 Å². The molecule has 1 amide bonds. The largest absolute Gasteiger partial charge is 0.297 e. The molecule has 0 unspecified atom stereocenters. The van der Waals surface area contributed by atoms with Gasteiger partial charge in [-0.3, -0.25) is 4.79 Å². The fraction of sp³-hybridized carbons (Fsp3) is 0. The van der Waals surface area contributed by atoms with Crippen molar-refractivity contribution in [3.63, 3.8) is 0 Å². The fourth-order valence-corrected chi connectivity index (χ4v) is 1.10. The number of aliphatic imine (C=N–C) groups is 1. The van der Waals surface area contributed by atoms with E-state index in [0.717, 1.165) is 0 Å². The first-order chi connectivity index (χ1) is 4.84. The lowest BCUT2D eigenvalue weighted by molar-refractivity contribution is 0.101. The number of amides is 1. The highest BCUT2D eigenvalue weighted by Gasteiger charge is 2.02. The Labute approximate surface area is 61.0 Å². The Kier molecular flexibility index (Phi) is 2.10. The van der Waals surface area contributed by atoms with E-state index in [9.17, 15) is 9.59 Å². The van der Waals surface area contributed by atoms with Gasteiger partial charge in [-0.2, -0.15) is 0 Å². The molecular formula is C6H3NO2S. The summed E-state index contributed by atoms with van der Waals surface area (Å²) in [6.45, 7) is 0. The molecule has 1 heterocycles. The quantitative estimate of drug-likeness (QED) is 0.450. The molecule has 0 fully saturated rings. The van der Waals surface area contributed by atoms with Crippen LogP contribution in [0.25, 0.3) is 0 Å². The van der Waals surface area contributed by atoms with E-state index in [2.05, 4.69) is 4.99 Å². The van der Waals surface area contributed by atoms with Crippen LogP contribution in [-0.2, 0) is 4.79 Å². The Morgan fingerprint density at radius 3 is 3.00 bits per heavy atom. The summed E-state index contributed by atoms with van der Waals surface area (Å²) in [6.07, 6.45) is 1.19. The SMILES string of the molecule is O=C=NC(=O)c1cccs1. The standard InChI is InChI=1S/C6H3NO2S/c8-4-7-6(9)5-2-1-3-10-5/h1-3H. The zero-order valence-corrected chi connectivity index (χ0v) is 5.72. The minimum Gasteiger partial charge on any atom is -0.265 e. The van der Waals surface area contributed by atoms with Gasteiger partial charge < -0.3 is 0 Å². The highest BCUT2D eigenvalue weighted by Crippen LogP contribution is 2.08. The lowest BCUT2D eigenvalue weighted by atomic mass is 10.5. The smallest absolute Gasteiger partial charge is 0.265 e. The van der Waals surface area contributed by atoms with E-state index in [1.165, 1.54) is 17.4 Å². The summed E-state index contributed by atoms with van der Waals surface area (Å²) in [4.78, 5) is 23.7. The van der Waals surface area contributed by atoms with Gasteiger partial charge in [0, 0.05) is 0 Å². The van der Waals surface area contributed by atoms with Crippen LogP contribution < -0.4 is 0 Å². The number of carbonyl (C=O) groups is 1. The van der Waals surface area contributed by atoms with Gasteiger partial charge in [-0.1, -0.05) is 6.07 Å². The number of hydrogen-bond acceptors (Lipinski definition) is 3. The fourth-order valence-electron chi connectivity index (χ4n) is 0.497. The molecule has 0 aliphatic heterocycles. The van der Waals surface area contributed by atoms with Crippen molar-refractivity contribution in [2.75, 3.05) is 0 Å². The van der Waals surface area contributed by atoms with Crippen molar-refractivity contribution in [2.24, 2.45) is 4.99 Å². The van der Waals surface area contributed by atoms with Crippen molar-refractivity contribution in [1.29, 1.82) is 0 Å². The second kappa shape index (κ2) is 3.06. The molecule has 0 bridgehead atoms. The summed E-state index contributed by atoms with van der Waals surface area (Å²) in [5, 5.41) is 1.74. The van der Waals surface area contributed by atoms with Crippen molar-refractivity contribution >= 4 is 23.3 Å². The van der Waals surface area contributed by atoms with Crippen LogP contribution in [-0.4, -0.2) is 12.0 Å². The molecule has 10 heavy (non-hydrogen) atoms. The molecule has 0 saturated carbocycles. The second-order valence-corrected chi connectivity index (χ2v) is 2.43. The van der Waals surface area contributed by atoms with Crippen LogP contribution in [0.2, 0.25) is 0 Å². The van der Waals surface area contributed by atoms with Gasteiger partial charge in [0.15, 0.2) is 0 Å². The van der Waals surface area contributed by atoms with Crippen LogP contribution in [0, 0.1) is 0 Å². The molecule has 0 saturated heterocycles. The first-order valence-corrected chi connectivity index (χ1v) is 3.38. The van der Waals surface area contributed by atoms with Crippen molar-refractivity contribution < 1.29 is 9.59 Å². The van der Waals surface area contributed by atoms with Gasteiger partial charge >= 0.3 is 0 Å². The van der Waals surface area contributed by atoms with Gasteiger partial charge in [0.1, 0.15) is 0 Å². The zero-order valence-electron chi connectivity index (χ0n) is 4.90. The third-order valence-electron chi connectivity index (χ3n) is 0.879. The molecule has 0 N–H and O–H groups in total. The Morgan fingerprint density at radius 1 is 1.70 bits per heavy atom. The average molecular weight is 153 g/mol. The van der Waals surface area contributed by atoms with E-state index in [-0.39, 0.29) is 0 Å². The van der Waals surface area contributed by atoms with E-state index in [4.69, 9.17) is 0 Å². The minimum absolute atomic E-state index is 0.461. The molecule has 3 nitrogen and oxygen atoms in total. The van der Waals surface area contributed by atoms with Crippen molar-refractivity contribution in [2.45, 2.75) is 0 Å². The first kappa shape index (κ1) is 6.86. The van der Waals surface area contributed by atoms with Crippen molar-refractivity contribution in [1.82, 2.24) is 0 Å². The van der Waals surface area contributed by atoms with Gasteiger partial charge in [0.2, 0.25) is 6.08 Å². The maximum Gasteiger partial charge on any atom is 0.297 e. The maximum atomic E-state index is 10.7. The van der Waals surface area contributed by atoms with Gasteiger partial charge in [-0.05, 0) is 11.4 Å². The predicted molar refractivity (Wildman–Crippen MR) is 36.8 cm³/mol. The average Bonchev–Trinajstić information content (AvgIpc) is 2.38. The summed E-state index contributed by atoms with van der Waals surface area (Å²) in [5.74, 6) is -0.523. The summed E-state index contributed by atoms with van der Waals surface area (Å²) in [5.41, 5.74) is 0.